The van der Waals surface area contributed by atoms with E-state index in [0.717, 1.165) is 37.4 Å². The van der Waals surface area contributed by atoms with E-state index >= 15 is 0 Å². The number of nitrogens with one attached hydrogen (secondary N) is 2. The lowest BCUT2D eigenvalue weighted by Gasteiger charge is -2.32. The van der Waals surface area contributed by atoms with E-state index in [4.69, 9.17) is 0 Å². The molecule has 2 N–H and O–H groups in total. The number of likely N-dealkylation sites (tertiary alicyclic amines) is 1. The van der Waals surface area contributed by atoms with Crippen molar-refractivity contribution in [1.29, 1.82) is 0 Å². The molecule has 4 heteroatoms. The summed E-state index contributed by atoms with van der Waals surface area (Å²) in [5.41, 5.74) is 2.24. The highest BCUT2D eigenvalue weighted by Crippen LogP contribution is 2.18. The number of anilines is 2. The van der Waals surface area contributed by atoms with E-state index in [-0.39, 0.29) is 0 Å². The van der Waals surface area contributed by atoms with Crippen molar-refractivity contribution in [3.63, 3.8) is 0 Å². The molecule has 1 aliphatic rings. The lowest BCUT2D eigenvalue weighted by atomic mass is 10.1. The summed E-state index contributed by atoms with van der Waals surface area (Å²) in [4.78, 5) is 6.81. The summed E-state index contributed by atoms with van der Waals surface area (Å²) in [6.07, 6.45) is 7.48. The molecular formula is C15H26N4. The Morgan fingerprint density at radius 2 is 2.16 bits per heavy atom. The largest absolute Gasteiger partial charge is 0.384 e. The first-order valence-electron chi connectivity index (χ1n) is 7.49. The molecule has 0 saturated carbocycles. The minimum absolute atomic E-state index is 0.553. The fraction of sp³-hybridized carbons (Fsp3) is 0.667. The zero-order valence-corrected chi connectivity index (χ0v) is 12.2. The molecule has 19 heavy (non-hydrogen) atoms. The minimum atomic E-state index is 0.553. The van der Waals surface area contributed by atoms with Crippen LogP contribution in [0, 0.1) is 0 Å². The van der Waals surface area contributed by atoms with Gasteiger partial charge >= 0.3 is 0 Å². The van der Waals surface area contributed by atoms with E-state index in [1.165, 1.54) is 19.4 Å². The average molecular weight is 262 g/mol. The van der Waals surface area contributed by atoms with E-state index in [1.54, 1.807) is 0 Å². The molecular weight excluding hydrogens is 236 g/mol. The van der Waals surface area contributed by atoms with E-state index < -0.39 is 0 Å². The van der Waals surface area contributed by atoms with Crippen molar-refractivity contribution in [1.82, 2.24) is 9.88 Å². The van der Waals surface area contributed by atoms with Gasteiger partial charge in [-0.15, -0.1) is 0 Å². The van der Waals surface area contributed by atoms with Gasteiger partial charge < -0.3 is 15.5 Å². The lowest BCUT2D eigenvalue weighted by Crippen LogP contribution is -2.41. The number of pyridine rings is 1. The summed E-state index contributed by atoms with van der Waals surface area (Å²) in [5.74, 6) is 0. The Balaban J connectivity index is 1.90. The number of likely N-dealkylation sites (N-methyl/N-ethyl adjacent to an activating group) is 1. The zero-order chi connectivity index (χ0) is 13.5. The molecule has 0 spiro atoms. The second kappa shape index (κ2) is 7.34. The Kier molecular flexibility index (Phi) is 5.45. The van der Waals surface area contributed by atoms with Crippen LogP contribution < -0.4 is 10.6 Å². The number of nitrogens with zero attached hydrogens (tertiary/aromatic N) is 2. The van der Waals surface area contributed by atoms with Gasteiger partial charge in [-0.2, -0.15) is 0 Å². The molecule has 2 heterocycles. The van der Waals surface area contributed by atoms with E-state index in [2.05, 4.69) is 40.4 Å². The summed E-state index contributed by atoms with van der Waals surface area (Å²) in [5, 5.41) is 7.00. The molecule has 1 aliphatic heterocycles. The van der Waals surface area contributed by atoms with Crippen LogP contribution >= 0.6 is 0 Å². The molecule has 1 aromatic heterocycles. The number of rotatable bonds is 6. The third-order valence-electron chi connectivity index (χ3n) is 3.64. The fourth-order valence-electron chi connectivity index (χ4n) is 2.58. The van der Waals surface area contributed by atoms with Gasteiger partial charge in [0.1, 0.15) is 0 Å². The van der Waals surface area contributed by atoms with Crippen LogP contribution in [0.5, 0.6) is 0 Å². The van der Waals surface area contributed by atoms with Gasteiger partial charge in [-0.05, 0) is 38.4 Å². The Hall–Kier alpha value is -1.29. The number of piperidine rings is 1. The van der Waals surface area contributed by atoms with Gasteiger partial charge in [0, 0.05) is 19.1 Å². The smallest absolute Gasteiger partial charge is 0.0550 e. The van der Waals surface area contributed by atoms with Crippen molar-refractivity contribution in [3.05, 3.63) is 18.5 Å². The monoisotopic (exact) mass is 262 g/mol. The molecule has 1 saturated heterocycles. The SMILES string of the molecule is CCCNc1cncc(NC2CCCN(CC)C2)c1. The normalized spacial score (nSPS) is 20.2. The molecule has 2 rings (SSSR count). The first-order valence-corrected chi connectivity index (χ1v) is 7.49. The van der Waals surface area contributed by atoms with Crippen molar-refractivity contribution in [2.24, 2.45) is 0 Å². The Labute approximate surface area is 116 Å². The predicted octanol–water partition coefficient (Wildman–Crippen LogP) is 2.80. The van der Waals surface area contributed by atoms with Gasteiger partial charge in [-0.1, -0.05) is 13.8 Å². The quantitative estimate of drug-likeness (QED) is 0.827. The summed E-state index contributed by atoms with van der Waals surface area (Å²) in [7, 11) is 0. The molecule has 1 atom stereocenters. The molecule has 0 radical (unpaired) electrons. The zero-order valence-electron chi connectivity index (χ0n) is 12.2. The van der Waals surface area contributed by atoms with Gasteiger partial charge in [-0.3, -0.25) is 4.98 Å². The van der Waals surface area contributed by atoms with Crippen LogP contribution in [-0.2, 0) is 0 Å². The maximum absolute atomic E-state index is 4.30. The number of hydrogen-bond acceptors (Lipinski definition) is 4. The average Bonchev–Trinajstić information content (AvgIpc) is 2.46. The van der Waals surface area contributed by atoms with Crippen LogP contribution in [0.25, 0.3) is 0 Å². The summed E-state index contributed by atoms with van der Waals surface area (Å²) < 4.78 is 0. The second-order valence-electron chi connectivity index (χ2n) is 5.27. The lowest BCUT2D eigenvalue weighted by molar-refractivity contribution is 0.227. The molecule has 4 nitrogen and oxygen atoms in total. The van der Waals surface area contributed by atoms with Crippen LogP contribution in [-0.4, -0.2) is 42.1 Å². The molecule has 0 bridgehead atoms. The van der Waals surface area contributed by atoms with Crippen LogP contribution in [0.1, 0.15) is 33.1 Å². The molecule has 0 aromatic carbocycles. The van der Waals surface area contributed by atoms with Gasteiger partial charge in [0.25, 0.3) is 0 Å². The van der Waals surface area contributed by atoms with Gasteiger partial charge in [0.15, 0.2) is 0 Å². The Morgan fingerprint density at radius 1 is 1.32 bits per heavy atom. The number of hydrogen-bond donors (Lipinski definition) is 2. The Morgan fingerprint density at radius 3 is 2.95 bits per heavy atom. The van der Waals surface area contributed by atoms with Gasteiger partial charge in [0.2, 0.25) is 0 Å². The molecule has 106 valence electrons. The first kappa shape index (κ1) is 14.1. The van der Waals surface area contributed by atoms with E-state index in [0.29, 0.717) is 6.04 Å². The summed E-state index contributed by atoms with van der Waals surface area (Å²) in [6.45, 7) is 8.93. The van der Waals surface area contributed by atoms with Crippen LogP contribution in [0.4, 0.5) is 11.4 Å². The van der Waals surface area contributed by atoms with Crippen molar-refractivity contribution >= 4 is 11.4 Å². The number of aromatic nitrogens is 1. The minimum Gasteiger partial charge on any atom is -0.384 e. The standard InChI is InChI=1S/C15H26N4/c1-3-7-17-14-9-15(11-16-10-14)18-13-6-5-8-19(4-2)12-13/h9-11,13,17-18H,3-8,12H2,1-2H3. The molecule has 0 amide bonds. The summed E-state index contributed by atoms with van der Waals surface area (Å²) in [6, 6.07) is 2.71. The highest BCUT2D eigenvalue weighted by Gasteiger charge is 2.18. The third-order valence-corrected chi connectivity index (χ3v) is 3.64. The predicted molar refractivity (Wildman–Crippen MR) is 81.8 cm³/mol. The highest BCUT2D eigenvalue weighted by atomic mass is 15.2. The first-order chi connectivity index (χ1) is 9.31. The van der Waals surface area contributed by atoms with Crippen LogP contribution in [0.3, 0.4) is 0 Å². The summed E-state index contributed by atoms with van der Waals surface area (Å²) >= 11 is 0. The third kappa shape index (κ3) is 4.39. The molecule has 1 fully saturated rings. The van der Waals surface area contributed by atoms with Crippen molar-refractivity contribution in [3.8, 4) is 0 Å². The van der Waals surface area contributed by atoms with Crippen LogP contribution in [0.15, 0.2) is 18.5 Å². The van der Waals surface area contributed by atoms with Crippen LogP contribution in [0.2, 0.25) is 0 Å². The maximum atomic E-state index is 4.30. The van der Waals surface area contributed by atoms with Crippen molar-refractivity contribution in [2.75, 3.05) is 36.8 Å². The molecule has 0 aliphatic carbocycles. The molecule has 1 aromatic rings. The fourth-order valence-corrected chi connectivity index (χ4v) is 2.58. The van der Waals surface area contributed by atoms with E-state index in [1.807, 2.05) is 12.4 Å². The second-order valence-corrected chi connectivity index (χ2v) is 5.27. The Bertz CT molecular complexity index is 380. The topological polar surface area (TPSA) is 40.2 Å². The maximum Gasteiger partial charge on any atom is 0.0550 e. The highest BCUT2D eigenvalue weighted by molar-refractivity contribution is 5.54. The van der Waals surface area contributed by atoms with Gasteiger partial charge in [0.05, 0.1) is 23.8 Å². The molecule has 1 unspecified atom stereocenters. The van der Waals surface area contributed by atoms with Crippen molar-refractivity contribution in [2.45, 2.75) is 39.2 Å². The van der Waals surface area contributed by atoms with Crippen molar-refractivity contribution < 1.29 is 0 Å². The van der Waals surface area contributed by atoms with Gasteiger partial charge in [-0.25, -0.2) is 0 Å². The van der Waals surface area contributed by atoms with E-state index in [9.17, 15) is 0 Å².